The van der Waals surface area contributed by atoms with E-state index in [4.69, 9.17) is 19.3 Å². The van der Waals surface area contributed by atoms with Crippen LogP contribution in [-0.2, 0) is 16.0 Å². The largest absolute Gasteiger partial charge is 0.493 e. The van der Waals surface area contributed by atoms with E-state index < -0.39 is 12.1 Å². The van der Waals surface area contributed by atoms with Gasteiger partial charge >= 0.3 is 5.97 Å². The third kappa shape index (κ3) is 2.92. The Hall–Kier alpha value is -1.75. The Kier molecular flexibility index (Phi) is 4.04. The standard InChI is InChI=1S/C13H16O5/c1-16-5-2-6-17-10-4-3-9-7-12(13(14)15)18-11(9)8-10/h3-4,8,12H,2,5-7H2,1H3,(H,14,15). The van der Waals surface area contributed by atoms with Crippen LogP contribution in [0.3, 0.4) is 0 Å². The van der Waals surface area contributed by atoms with E-state index in [1.165, 1.54) is 0 Å². The molecule has 0 amide bonds. The molecule has 5 nitrogen and oxygen atoms in total. The van der Waals surface area contributed by atoms with E-state index in [1.807, 2.05) is 12.1 Å². The predicted molar refractivity (Wildman–Crippen MR) is 64.2 cm³/mol. The first-order valence-corrected chi connectivity index (χ1v) is 5.85. The van der Waals surface area contributed by atoms with Crippen LogP contribution in [0, 0.1) is 0 Å². The number of aliphatic carboxylic acids is 1. The molecular formula is C13H16O5. The Bertz CT molecular complexity index is 429. The lowest BCUT2D eigenvalue weighted by Crippen LogP contribution is -2.24. The van der Waals surface area contributed by atoms with Gasteiger partial charge in [0.25, 0.3) is 0 Å². The third-order valence-corrected chi connectivity index (χ3v) is 2.75. The average molecular weight is 252 g/mol. The number of benzene rings is 1. The highest BCUT2D eigenvalue weighted by atomic mass is 16.5. The molecule has 1 N–H and O–H groups in total. The van der Waals surface area contributed by atoms with Crippen LogP contribution < -0.4 is 9.47 Å². The lowest BCUT2D eigenvalue weighted by Gasteiger charge is -2.07. The SMILES string of the molecule is COCCCOc1ccc2c(c1)OC(C(=O)O)C2. The number of hydrogen-bond acceptors (Lipinski definition) is 4. The quantitative estimate of drug-likeness (QED) is 0.777. The molecule has 1 aliphatic heterocycles. The molecule has 0 fully saturated rings. The number of carboxylic acid groups (broad SMARTS) is 1. The fraction of sp³-hybridized carbons (Fsp3) is 0.462. The Morgan fingerprint density at radius 2 is 2.33 bits per heavy atom. The lowest BCUT2D eigenvalue weighted by molar-refractivity contribution is -0.144. The van der Waals surface area contributed by atoms with Crippen molar-refractivity contribution >= 4 is 5.97 Å². The maximum atomic E-state index is 10.8. The molecule has 0 aromatic heterocycles. The summed E-state index contributed by atoms with van der Waals surface area (Å²) in [5.41, 5.74) is 0.909. The fourth-order valence-electron chi connectivity index (χ4n) is 1.83. The van der Waals surface area contributed by atoms with Crippen molar-refractivity contribution in [1.29, 1.82) is 0 Å². The van der Waals surface area contributed by atoms with Gasteiger partial charge in [-0.1, -0.05) is 6.07 Å². The Labute approximate surface area is 105 Å². The van der Waals surface area contributed by atoms with Crippen LogP contribution in [0.25, 0.3) is 0 Å². The maximum absolute atomic E-state index is 10.8. The monoisotopic (exact) mass is 252 g/mol. The Morgan fingerprint density at radius 1 is 1.50 bits per heavy atom. The van der Waals surface area contributed by atoms with Gasteiger partial charge in [-0.2, -0.15) is 0 Å². The summed E-state index contributed by atoms with van der Waals surface area (Å²) >= 11 is 0. The second-order valence-corrected chi connectivity index (χ2v) is 4.11. The summed E-state index contributed by atoms with van der Waals surface area (Å²) in [4.78, 5) is 10.8. The number of rotatable bonds is 6. The zero-order valence-electron chi connectivity index (χ0n) is 10.2. The highest BCUT2D eigenvalue weighted by molar-refractivity contribution is 5.74. The van der Waals surface area contributed by atoms with Gasteiger partial charge in [0.05, 0.1) is 6.61 Å². The molecule has 18 heavy (non-hydrogen) atoms. The van der Waals surface area contributed by atoms with Gasteiger partial charge in [-0.3, -0.25) is 0 Å². The molecule has 2 rings (SSSR count). The first-order chi connectivity index (χ1) is 8.70. The number of carboxylic acids is 1. The minimum Gasteiger partial charge on any atom is -0.493 e. The number of hydrogen-bond donors (Lipinski definition) is 1. The average Bonchev–Trinajstić information content (AvgIpc) is 2.78. The summed E-state index contributed by atoms with van der Waals surface area (Å²) < 4.78 is 15.8. The maximum Gasteiger partial charge on any atom is 0.345 e. The van der Waals surface area contributed by atoms with E-state index in [1.54, 1.807) is 13.2 Å². The van der Waals surface area contributed by atoms with Crippen molar-refractivity contribution in [1.82, 2.24) is 0 Å². The van der Waals surface area contributed by atoms with Gasteiger partial charge < -0.3 is 19.3 Å². The number of fused-ring (bicyclic) bond motifs is 1. The van der Waals surface area contributed by atoms with Gasteiger partial charge in [-0.05, 0) is 11.6 Å². The van der Waals surface area contributed by atoms with E-state index in [-0.39, 0.29) is 0 Å². The number of carbonyl (C=O) groups is 1. The van der Waals surface area contributed by atoms with Crippen molar-refractivity contribution in [2.24, 2.45) is 0 Å². The smallest absolute Gasteiger partial charge is 0.345 e. The van der Waals surface area contributed by atoms with Gasteiger partial charge in [0.2, 0.25) is 0 Å². The van der Waals surface area contributed by atoms with E-state index >= 15 is 0 Å². The van der Waals surface area contributed by atoms with Crippen molar-refractivity contribution in [3.63, 3.8) is 0 Å². The van der Waals surface area contributed by atoms with Crippen molar-refractivity contribution in [3.8, 4) is 11.5 Å². The summed E-state index contributed by atoms with van der Waals surface area (Å²) in [5.74, 6) is 0.358. The number of methoxy groups -OCH3 is 1. The lowest BCUT2D eigenvalue weighted by atomic mass is 10.1. The van der Waals surface area contributed by atoms with Gasteiger partial charge in [-0.15, -0.1) is 0 Å². The van der Waals surface area contributed by atoms with Crippen LogP contribution in [0.15, 0.2) is 18.2 Å². The van der Waals surface area contributed by atoms with Gasteiger partial charge in [0.15, 0.2) is 6.10 Å². The summed E-state index contributed by atoms with van der Waals surface area (Å²) in [6.07, 6.45) is 0.449. The van der Waals surface area contributed by atoms with Crippen molar-refractivity contribution in [3.05, 3.63) is 23.8 Å². The molecule has 1 unspecified atom stereocenters. The highest BCUT2D eigenvalue weighted by Crippen LogP contribution is 2.32. The normalized spacial score (nSPS) is 17.1. The van der Waals surface area contributed by atoms with Crippen LogP contribution in [0.1, 0.15) is 12.0 Å². The van der Waals surface area contributed by atoms with Crippen molar-refractivity contribution < 1.29 is 24.1 Å². The predicted octanol–water partition coefficient (Wildman–Crippen LogP) is 1.49. The molecule has 0 radical (unpaired) electrons. The Balaban J connectivity index is 1.93. The van der Waals surface area contributed by atoms with Crippen molar-refractivity contribution in [2.75, 3.05) is 20.3 Å². The van der Waals surface area contributed by atoms with Gasteiger partial charge in [-0.25, -0.2) is 4.79 Å². The van der Waals surface area contributed by atoms with Crippen LogP contribution >= 0.6 is 0 Å². The first-order valence-electron chi connectivity index (χ1n) is 5.85. The highest BCUT2D eigenvalue weighted by Gasteiger charge is 2.28. The van der Waals surface area contributed by atoms with Crippen LogP contribution in [-0.4, -0.2) is 37.5 Å². The molecule has 0 saturated carbocycles. The molecule has 1 atom stereocenters. The van der Waals surface area contributed by atoms with Crippen LogP contribution in [0.4, 0.5) is 0 Å². The molecule has 0 saturated heterocycles. The van der Waals surface area contributed by atoms with E-state index in [2.05, 4.69) is 0 Å². The summed E-state index contributed by atoms with van der Waals surface area (Å²) in [7, 11) is 1.65. The Morgan fingerprint density at radius 3 is 3.06 bits per heavy atom. The summed E-state index contributed by atoms with van der Waals surface area (Å²) in [6.45, 7) is 1.22. The van der Waals surface area contributed by atoms with Crippen LogP contribution in [0.2, 0.25) is 0 Å². The molecule has 1 heterocycles. The molecule has 0 bridgehead atoms. The molecular weight excluding hydrogens is 236 g/mol. The zero-order valence-corrected chi connectivity index (χ0v) is 10.2. The third-order valence-electron chi connectivity index (χ3n) is 2.75. The summed E-state index contributed by atoms with van der Waals surface area (Å²) in [5, 5.41) is 8.89. The van der Waals surface area contributed by atoms with Gasteiger partial charge in [0.1, 0.15) is 11.5 Å². The minimum atomic E-state index is -0.936. The van der Waals surface area contributed by atoms with Crippen molar-refractivity contribution in [2.45, 2.75) is 18.9 Å². The van der Waals surface area contributed by atoms with E-state index in [0.29, 0.717) is 31.1 Å². The minimum absolute atomic E-state index is 0.411. The molecule has 1 aliphatic rings. The zero-order chi connectivity index (χ0) is 13.0. The van der Waals surface area contributed by atoms with Gasteiger partial charge in [0, 0.05) is 32.6 Å². The second kappa shape index (κ2) is 5.73. The van der Waals surface area contributed by atoms with E-state index in [9.17, 15) is 4.79 Å². The molecule has 0 aliphatic carbocycles. The van der Waals surface area contributed by atoms with E-state index in [0.717, 1.165) is 12.0 Å². The second-order valence-electron chi connectivity index (χ2n) is 4.11. The molecule has 1 aromatic rings. The molecule has 98 valence electrons. The van der Waals surface area contributed by atoms with Crippen LogP contribution in [0.5, 0.6) is 11.5 Å². The molecule has 0 spiro atoms. The first kappa shape index (κ1) is 12.7. The molecule has 5 heteroatoms. The fourth-order valence-corrected chi connectivity index (χ4v) is 1.83. The number of ether oxygens (including phenoxy) is 3. The topological polar surface area (TPSA) is 65.0 Å². The summed E-state index contributed by atoms with van der Waals surface area (Å²) in [6, 6.07) is 5.42. The molecule has 1 aromatic carbocycles.